The smallest absolute Gasteiger partial charge is 0.244 e. The largest absolute Gasteiger partial charge is 0.454 e. The van der Waals surface area contributed by atoms with Crippen molar-refractivity contribution in [2.75, 3.05) is 6.79 Å². The minimum atomic E-state index is -0.858. The SMILES string of the molecule is N#CC1C(=N)Oc2n[nH]c(-c3ccc4c(c3)OCO4)c2C1c1ccc(F)cc1. The minimum Gasteiger partial charge on any atom is -0.454 e. The third-order valence-corrected chi connectivity index (χ3v) is 4.93. The molecule has 7 nitrogen and oxygen atoms in total. The molecule has 0 amide bonds. The van der Waals surface area contributed by atoms with Crippen LogP contribution in [-0.2, 0) is 0 Å². The molecule has 28 heavy (non-hydrogen) atoms. The van der Waals surface area contributed by atoms with Gasteiger partial charge in [0.25, 0.3) is 0 Å². The summed E-state index contributed by atoms with van der Waals surface area (Å²) in [6.07, 6.45) is 0. The zero-order valence-electron chi connectivity index (χ0n) is 14.4. The number of hydrogen-bond donors (Lipinski definition) is 2. The van der Waals surface area contributed by atoms with Crippen LogP contribution in [0.4, 0.5) is 4.39 Å². The first-order chi connectivity index (χ1) is 13.7. The lowest BCUT2D eigenvalue weighted by Gasteiger charge is -2.28. The van der Waals surface area contributed by atoms with Gasteiger partial charge in [0, 0.05) is 11.5 Å². The molecule has 2 N–H and O–H groups in total. The van der Waals surface area contributed by atoms with Crippen LogP contribution in [-0.4, -0.2) is 22.9 Å². The molecule has 2 aromatic carbocycles. The molecular formula is C20H13FN4O3. The van der Waals surface area contributed by atoms with Crippen LogP contribution in [0.2, 0.25) is 0 Å². The summed E-state index contributed by atoms with van der Waals surface area (Å²) < 4.78 is 29.7. The maximum Gasteiger partial charge on any atom is 0.244 e. The Morgan fingerprint density at radius 3 is 2.71 bits per heavy atom. The zero-order chi connectivity index (χ0) is 19.3. The van der Waals surface area contributed by atoms with E-state index in [0.717, 1.165) is 5.56 Å². The van der Waals surface area contributed by atoms with Gasteiger partial charge in [-0.15, -0.1) is 5.10 Å². The topological polar surface area (TPSA) is 104 Å². The molecule has 0 fully saturated rings. The number of rotatable bonds is 2. The average Bonchev–Trinajstić information content (AvgIpc) is 3.33. The van der Waals surface area contributed by atoms with Crippen molar-refractivity contribution < 1.29 is 18.6 Å². The average molecular weight is 376 g/mol. The Bertz CT molecular complexity index is 1130. The van der Waals surface area contributed by atoms with Gasteiger partial charge in [0.2, 0.25) is 18.6 Å². The summed E-state index contributed by atoms with van der Waals surface area (Å²) in [6.45, 7) is 0.162. The number of ether oxygens (including phenoxy) is 3. The van der Waals surface area contributed by atoms with Crippen LogP contribution in [0, 0.1) is 28.5 Å². The van der Waals surface area contributed by atoms with Gasteiger partial charge in [-0.25, -0.2) is 4.39 Å². The van der Waals surface area contributed by atoms with Crippen LogP contribution < -0.4 is 14.2 Å². The fraction of sp³-hybridized carbons (Fsp3) is 0.150. The number of hydrogen-bond acceptors (Lipinski definition) is 6. The van der Waals surface area contributed by atoms with Crippen LogP contribution in [0.15, 0.2) is 42.5 Å². The highest BCUT2D eigenvalue weighted by Gasteiger charge is 2.40. The zero-order valence-corrected chi connectivity index (χ0v) is 14.4. The molecule has 5 rings (SSSR count). The number of nitrogens with one attached hydrogen (secondary N) is 2. The Kier molecular flexibility index (Phi) is 3.55. The van der Waals surface area contributed by atoms with Crippen molar-refractivity contribution >= 4 is 5.90 Å². The third kappa shape index (κ3) is 2.41. The lowest BCUT2D eigenvalue weighted by atomic mass is 9.79. The fourth-order valence-electron chi connectivity index (χ4n) is 3.62. The Labute approximate surface area is 158 Å². The summed E-state index contributed by atoms with van der Waals surface area (Å²) in [5.74, 6) is -0.445. The maximum absolute atomic E-state index is 13.4. The molecule has 138 valence electrons. The number of H-pyrrole nitrogens is 1. The molecule has 2 aliphatic heterocycles. The number of aromatic amines is 1. The summed E-state index contributed by atoms with van der Waals surface area (Å²) in [4.78, 5) is 0. The van der Waals surface area contributed by atoms with Gasteiger partial charge in [0.05, 0.1) is 17.3 Å². The number of nitriles is 1. The second-order valence-electron chi connectivity index (χ2n) is 6.49. The summed E-state index contributed by atoms with van der Waals surface area (Å²) in [6, 6.07) is 13.5. The number of fused-ring (bicyclic) bond motifs is 2. The van der Waals surface area contributed by atoms with Gasteiger partial charge < -0.3 is 14.2 Å². The van der Waals surface area contributed by atoms with Crippen molar-refractivity contribution in [1.82, 2.24) is 10.2 Å². The first-order valence-electron chi connectivity index (χ1n) is 8.55. The van der Waals surface area contributed by atoms with Crippen LogP contribution in [0.1, 0.15) is 17.0 Å². The van der Waals surface area contributed by atoms with Crippen molar-refractivity contribution in [3.05, 3.63) is 59.4 Å². The van der Waals surface area contributed by atoms with Gasteiger partial charge in [-0.05, 0) is 35.9 Å². The number of aromatic nitrogens is 2. The molecule has 3 heterocycles. The van der Waals surface area contributed by atoms with Crippen molar-refractivity contribution in [2.45, 2.75) is 5.92 Å². The van der Waals surface area contributed by atoms with Gasteiger partial charge in [-0.2, -0.15) is 5.26 Å². The second-order valence-corrected chi connectivity index (χ2v) is 6.49. The Hall–Kier alpha value is -3.86. The van der Waals surface area contributed by atoms with Crippen molar-refractivity contribution in [2.24, 2.45) is 5.92 Å². The molecule has 0 radical (unpaired) electrons. The highest BCUT2D eigenvalue weighted by atomic mass is 19.1. The highest BCUT2D eigenvalue weighted by Crippen LogP contribution is 2.46. The molecular weight excluding hydrogens is 363 g/mol. The van der Waals surface area contributed by atoms with E-state index in [4.69, 9.17) is 19.6 Å². The standard InChI is InChI=1S/C20H13FN4O3/c21-12-4-1-10(2-5-12)16-13(8-22)19(23)28-20-17(16)18(24-25-20)11-3-6-14-15(7-11)27-9-26-14/h1-7,13,16,23H,9H2,(H,24,25). The van der Waals surface area contributed by atoms with E-state index in [9.17, 15) is 9.65 Å². The first kappa shape index (κ1) is 16.3. The molecule has 3 aromatic rings. The van der Waals surface area contributed by atoms with Crippen LogP contribution >= 0.6 is 0 Å². The van der Waals surface area contributed by atoms with Gasteiger partial charge in [0.15, 0.2) is 11.5 Å². The summed E-state index contributed by atoms with van der Waals surface area (Å²) in [5.41, 5.74) is 2.77. The molecule has 0 spiro atoms. The summed E-state index contributed by atoms with van der Waals surface area (Å²) in [7, 11) is 0. The number of nitrogens with zero attached hydrogens (tertiary/aromatic N) is 2. The minimum absolute atomic E-state index is 0.162. The molecule has 2 atom stereocenters. The van der Waals surface area contributed by atoms with Crippen molar-refractivity contribution in [1.29, 1.82) is 10.7 Å². The van der Waals surface area contributed by atoms with E-state index in [1.807, 2.05) is 12.1 Å². The molecule has 2 unspecified atom stereocenters. The number of benzene rings is 2. The monoisotopic (exact) mass is 376 g/mol. The normalized spacial score (nSPS) is 19.6. The predicted octanol–water partition coefficient (Wildman–Crippen LogP) is 3.59. The van der Waals surface area contributed by atoms with E-state index in [2.05, 4.69) is 16.3 Å². The van der Waals surface area contributed by atoms with E-state index in [1.165, 1.54) is 12.1 Å². The molecule has 2 aliphatic rings. The van der Waals surface area contributed by atoms with E-state index in [0.29, 0.717) is 28.3 Å². The quantitative estimate of drug-likeness (QED) is 0.711. The summed E-state index contributed by atoms with van der Waals surface area (Å²) in [5, 5.41) is 24.9. The van der Waals surface area contributed by atoms with Gasteiger partial charge in [-0.1, -0.05) is 12.1 Å². The Morgan fingerprint density at radius 1 is 1.14 bits per heavy atom. The van der Waals surface area contributed by atoms with Gasteiger partial charge in [0.1, 0.15) is 11.7 Å². The van der Waals surface area contributed by atoms with Gasteiger partial charge in [-0.3, -0.25) is 10.5 Å². The Balaban J connectivity index is 1.69. The summed E-state index contributed by atoms with van der Waals surface area (Å²) >= 11 is 0. The lowest BCUT2D eigenvalue weighted by molar-refractivity contribution is 0.174. The molecule has 0 aliphatic carbocycles. The third-order valence-electron chi connectivity index (χ3n) is 4.93. The lowest BCUT2D eigenvalue weighted by Crippen LogP contribution is -2.30. The van der Waals surface area contributed by atoms with Crippen molar-refractivity contribution in [3.63, 3.8) is 0 Å². The second kappa shape index (κ2) is 6.09. The van der Waals surface area contributed by atoms with Gasteiger partial charge >= 0.3 is 0 Å². The van der Waals surface area contributed by atoms with Crippen LogP contribution in [0.25, 0.3) is 11.3 Å². The van der Waals surface area contributed by atoms with E-state index in [-0.39, 0.29) is 24.4 Å². The number of halogens is 1. The van der Waals surface area contributed by atoms with E-state index in [1.54, 1.807) is 18.2 Å². The van der Waals surface area contributed by atoms with E-state index >= 15 is 0 Å². The van der Waals surface area contributed by atoms with Crippen LogP contribution in [0.5, 0.6) is 17.4 Å². The van der Waals surface area contributed by atoms with Crippen LogP contribution in [0.3, 0.4) is 0 Å². The first-order valence-corrected chi connectivity index (χ1v) is 8.55. The van der Waals surface area contributed by atoms with E-state index < -0.39 is 11.8 Å². The molecule has 8 heteroatoms. The molecule has 0 saturated carbocycles. The fourth-order valence-corrected chi connectivity index (χ4v) is 3.62. The Morgan fingerprint density at radius 2 is 1.93 bits per heavy atom. The molecule has 0 saturated heterocycles. The highest BCUT2D eigenvalue weighted by molar-refractivity contribution is 5.86. The maximum atomic E-state index is 13.4. The predicted molar refractivity (Wildman–Crippen MR) is 95.8 cm³/mol. The molecule has 0 bridgehead atoms. The molecule has 1 aromatic heterocycles. The van der Waals surface area contributed by atoms with Crippen molar-refractivity contribution in [3.8, 4) is 34.7 Å².